The van der Waals surface area contributed by atoms with Gasteiger partial charge in [0.1, 0.15) is 0 Å². The molecule has 1 aromatic heterocycles. The molecule has 1 aliphatic rings. The number of nitrogens with two attached hydrogens (primary N) is 1. The van der Waals surface area contributed by atoms with Gasteiger partial charge in [0.2, 0.25) is 0 Å². The van der Waals surface area contributed by atoms with Gasteiger partial charge in [-0.25, -0.2) is 0 Å². The normalized spacial score (nSPS) is 23.6. The van der Waals surface area contributed by atoms with Crippen LogP contribution in [0.1, 0.15) is 29.6 Å². The first kappa shape index (κ1) is 12.2. The predicted octanol–water partition coefficient (Wildman–Crippen LogP) is 1.68. The van der Waals surface area contributed by atoms with E-state index in [9.17, 15) is 4.79 Å². The van der Waals surface area contributed by atoms with Crippen LogP contribution in [0.4, 0.5) is 5.69 Å². The first-order valence-electron chi connectivity index (χ1n) is 5.75. The van der Waals surface area contributed by atoms with Gasteiger partial charge in [-0.3, -0.25) is 9.78 Å². The second kappa shape index (κ2) is 5.40. The van der Waals surface area contributed by atoms with Gasteiger partial charge in [0.25, 0.3) is 5.91 Å². The molecule has 0 radical (unpaired) electrons. The Labute approximate surface area is 105 Å². The van der Waals surface area contributed by atoms with Crippen LogP contribution in [-0.2, 0) is 0 Å². The largest absolute Gasteiger partial charge is 0.397 e. The van der Waals surface area contributed by atoms with Crippen LogP contribution in [0.25, 0.3) is 0 Å². The van der Waals surface area contributed by atoms with E-state index in [1.165, 1.54) is 19.0 Å². The Morgan fingerprint density at radius 1 is 1.59 bits per heavy atom. The molecule has 1 amide bonds. The van der Waals surface area contributed by atoms with E-state index in [0.717, 1.165) is 6.42 Å². The van der Waals surface area contributed by atoms with E-state index in [2.05, 4.69) is 16.6 Å². The molecule has 1 aromatic rings. The zero-order valence-corrected chi connectivity index (χ0v) is 10.7. The highest BCUT2D eigenvalue weighted by Gasteiger charge is 2.28. The Morgan fingerprint density at radius 3 is 3.12 bits per heavy atom. The molecule has 2 atom stereocenters. The minimum absolute atomic E-state index is 0.0872. The Morgan fingerprint density at radius 2 is 2.41 bits per heavy atom. The van der Waals surface area contributed by atoms with Crippen LogP contribution < -0.4 is 11.1 Å². The third kappa shape index (κ3) is 2.72. The summed E-state index contributed by atoms with van der Waals surface area (Å²) in [5, 5.41) is 3.60. The van der Waals surface area contributed by atoms with Crippen LogP contribution in [0, 0.1) is 0 Å². The molecule has 0 aliphatic heterocycles. The van der Waals surface area contributed by atoms with Crippen LogP contribution in [-0.4, -0.2) is 28.4 Å². The lowest BCUT2D eigenvalue weighted by atomic mass is 10.2. The first-order valence-corrected chi connectivity index (χ1v) is 7.04. The number of aromatic nitrogens is 1. The van der Waals surface area contributed by atoms with Crippen molar-refractivity contribution in [2.24, 2.45) is 0 Å². The third-order valence-electron chi connectivity index (χ3n) is 3.17. The van der Waals surface area contributed by atoms with Gasteiger partial charge in [-0.1, -0.05) is 6.42 Å². The zero-order valence-electron chi connectivity index (χ0n) is 9.85. The average molecular weight is 251 g/mol. The molecule has 3 N–H and O–H groups in total. The molecule has 0 saturated heterocycles. The van der Waals surface area contributed by atoms with E-state index in [4.69, 9.17) is 5.73 Å². The number of amides is 1. The fourth-order valence-electron chi connectivity index (χ4n) is 2.23. The number of rotatable bonds is 3. The van der Waals surface area contributed by atoms with Gasteiger partial charge in [0.15, 0.2) is 0 Å². The summed E-state index contributed by atoms with van der Waals surface area (Å²) < 4.78 is 0. The standard InChI is InChI=1S/C12H17N3OS/c1-17-11-4-2-3-10(11)15-12(16)8-5-6-14-7-9(8)13/h5-7,10-11H,2-4,13H2,1H3,(H,15,16). The van der Waals surface area contributed by atoms with Crippen molar-refractivity contribution in [3.05, 3.63) is 24.0 Å². The second-order valence-corrected chi connectivity index (χ2v) is 5.32. The van der Waals surface area contributed by atoms with Crippen molar-refractivity contribution in [3.63, 3.8) is 0 Å². The van der Waals surface area contributed by atoms with Gasteiger partial charge in [0, 0.05) is 17.5 Å². The summed E-state index contributed by atoms with van der Waals surface area (Å²) in [6.45, 7) is 0. The molecular weight excluding hydrogens is 234 g/mol. The van der Waals surface area contributed by atoms with Crippen molar-refractivity contribution in [3.8, 4) is 0 Å². The smallest absolute Gasteiger partial charge is 0.253 e. The average Bonchev–Trinajstić information content (AvgIpc) is 2.76. The number of nitrogens with zero attached hydrogens (tertiary/aromatic N) is 1. The summed E-state index contributed by atoms with van der Waals surface area (Å²) in [7, 11) is 0. The van der Waals surface area contributed by atoms with Gasteiger partial charge >= 0.3 is 0 Å². The molecule has 2 unspecified atom stereocenters. The van der Waals surface area contributed by atoms with Crippen molar-refractivity contribution in [1.29, 1.82) is 0 Å². The molecule has 92 valence electrons. The number of nitrogen functional groups attached to an aromatic ring is 1. The molecule has 5 heteroatoms. The van der Waals surface area contributed by atoms with Crippen molar-refractivity contribution in [1.82, 2.24) is 10.3 Å². The quantitative estimate of drug-likeness (QED) is 0.857. The van der Waals surface area contributed by atoms with Crippen LogP contribution in [0.15, 0.2) is 18.5 Å². The molecule has 0 aromatic carbocycles. The second-order valence-electron chi connectivity index (χ2n) is 4.25. The number of anilines is 1. The number of carbonyl (C=O) groups excluding carboxylic acids is 1. The Hall–Kier alpha value is -1.23. The number of pyridine rings is 1. The minimum atomic E-state index is -0.0872. The van der Waals surface area contributed by atoms with Crippen LogP contribution in [0.5, 0.6) is 0 Å². The maximum absolute atomic E-state index is 12.1. The van der Waals surface area contributed by atoms with Crippen molar-refractivity contribution in [2.75, 3.05) is 12.0 Å². The van der Waals surface area contributed by atoms with E-state index >= 15 is 0 Å². The summed E-state index contributed by atoms with van der Waals surface area (Å²) >= 11 is 1.82. The summed E-state index contributed by atoms with van der Waals surface area (Å²) in [5.41, 5.74) is 6.69. The number of hydrogen-bond donors (Lipinski definition) is 2. The molecule has 1 fully saturated rings. The number of thioether (sulfide) groups is 1. The molecule has 1 saturated carbocycles. The number of carbonyl (C=O) groups is 1. The van der Waals surface area contributed by atoms with Crippen LogP contribution in [0.2, 0.25) is 0 Å². The summed E-state index contributed by atoms with van der Waals surface area (Å²) in [6.07, 6.45) is 8.61. The topological polar surface area (TPSA) is 68.0 Å². The predicted molar refractivity (Wildman–Crippen MR) is 71.1 cm³/mol. The van der Waals surface area contributed by atoms with Crippen molar-refractivity contribution < 1.29 is 4.79 Å². The molecule has 2 rings (SSSR count). The Balaban J connectivity index is 2.04. The molecule has 0 spiro atoms. The highest BCUT2D eigenvalue weighted by molar-refractivity contribution is 7.99. The Bertz CT molecular complexity index is 410. The highest BCUT2D eigenvalue weighted by Crippen LogP contribution is 2.28. The maximum atomic E-state index is 12.1. The van der Waals surface area contributed by atoms with E-state index in [0.29, 0.717) is 16.5 Å². The van der Waals surface area contributed by atoms with E-state index in [1.54, 1.807) is 12.3 Å². The molecular formula is C12H17N3OS. The van der Waals surface area contributed by atoms with Crippen LogP contribution in [0.3, 0.4) is 0 Å². The molecule has 17 heavy (non-hydrogen) atoms. The van der Waals surface area contributed by atoms with E-state index in [1.807, 2.05) is 11.8 Å². The number of nitrogens with one attached hydrogen (secondary N) is 1. The van der Waals surface area contributed by atoms with Gasteiger partial charge in [-0.2, -0.15) is 11.8 Å². The first-order chi connectivity index (χ1) is 8.22. The fourth-order valence-corrected chi connectivity index (χ4v) is 3.17. The van der Waals surface area contributed by atoms with E-state index < -0.39 is 0 Å². The van der Waals surface area contributed by atoms with Crippen molar-refractivity contribution in [2.45, 2.75) is 30.6 Å². The number of hydrogen-bond acceptors (Lipinski definition) is 4. The van der Waals surface area contributed by atoms with Gasteiger partial charge in [0.05, 0.1) is 17.4 Å². The molecule has 1 heterocycles. The van der Waals surface area contributed by atoms with Gasteiger partial charge in [-0.15, -0.1) is 0 Å². The monoisotopic (exact) mass is 251 g/mol. The summed E-state index contributed by atoms with van der Waals surface area (Å²) in [4.78, 5) is 15.9. The molecule has 0 bridgehead atoms. The lowest BCUT2D eigenvalue weighted by Gasteiger charge is -2.19. The van der Waals surface area contributed by atoms with E-state index in [-0.39, 0.29) is 11.9 Å². The van der Waals surface area contributed by atoms with Crippen LogP contribution >= 0.6 is 11.8 Å². The summed E-state index contributed by atoms with van der Waals surface area (Å²) in [5.74, 6) is -0.0872. The maximum Gasteiger partial charge on any atom is 0.253 e. The molecule has 1 aliphatic carbocycles. The third-order valence-corrected chi connectivity index (χ3v) is 4.34. The summed E-state index contributed by atoms with van der Waals surface area (Å²) in [6, 6.07) is 1.93. The zero-order chi connectivity index (χ0) is 12.3. The lowest BCUT2D eigenvalue weighted by Crippen LogP contribution is -2.38. The lowest BCUT2D eigenvalue weighted by molar-refractivity contribution is 0.0939. The van der Waals surface area contributed by atoms with Crippen molar-refractivity contribution >= 4 is 23.4 Å². The fraction of sp³-hybridized carbons (Fsp3) is 0.500. The van der Waals surface area contributed by atoms with Gasteiger partial charge < -0.3 is 11.1 Å². The Kier molecular flexibility index (Phi) is 3.89. The SMILES string of the molecule is CSC1CCCC1NC(=O)c1ccncc1N. The molecule has 4 nitrogen and oxygen atoms in total. The minimum Gasteiger partial charge on any atom is -0.397 e. The van der Waals surface area contributed by atoms with Gasteiger partial charge in [-0.05, 0) is 25.2 Å². The highest BCUT2D eigenvalue weighted by atomic mass is 32.2.